The number of hydrogen-bond acceptors (Lipinski definition) is 8. The smallest absolute Gasteiger partial charge is 0.247 e. The van der Waals surface area contributed by atoms with Gasteiger partial charge in [-0.2, -0.15) is 10.1 Å². The van der Waals surface area contributed by atoms with Gasteiger partial charge in [-0.25, -0.2) is 4.98 Å². The molecule has 3 aromatic rings. The van der Waals surface area contributed by atoms with Crippen molar-refractivity contribution >= 4 is 46.6 Å². The molecule has 244 valence electrons. The zero-order valence-electron chi connectivity index (χ0n) is 26.5. The monoisotopic (exact) mass is 645 g/mol. The number of halogens is 1. The van der Waals surface area contributed by atoms with E-state index in [1.165, 1.54) is 31.8 Å². The van der Waals surface area contributed by atoms with Crippen LogP contribution in [-0.2, 0) is 22.7 Å². The summed E-state index contributed by atoms with van der Waals surface area (Å²) in [5.41, 5.74) is 2.40. The molecule has 4 atom stereocenters. The fourth-order valence-electron chi connectivity index (χ4n) is 7.41. The quantitative estimate of drug-likeness (QED) is 0.224. The molecule has 2 amide bonds. The van der Waals surface area contributed by atoms with Gasteiger partial charge in [-0.05, 0) is 66.7 Å². The van der Waals surface area contributed by atoms with Crippen molar-refractivity contribution < 1.29 is 9.59 Å². The Labute approximate surface area is 275 Å². The third kappa shape index (κ3) is 8.06. The van der Waals surface area contributed by atoms with Crippen LogP contribution in [-0.4, -0.2) is 74.1 Å². The first-order valence-electron chi connectivity index (χ1n) is 16.4. The predicted octanol–water partition coefficient (Wildman–Crippen LogP) is 5.41. The first-order valence-corrected chi connectivity index (χ1v) is 16.8. The van der Waals surface area contributed by atoms with Crippen molar-refractivity contribution in [1.82, 2.24) is 29.5 Å². The molecule has 2 saturated carbocycles. The van der Waals surface area contributed by atoms with Crippen LogP contribution in [0.2, 0.25) is 5.02 Å². The Morgan fingerprint density at radius 2 is 1.93 bits per heavy atom. The summed E-state index contributed by atoms with van der Waals surface area (Å²) in [5, 5.41) is 14.1. The van der Waals surface area contributed by atoms with E-state index in [1.807, 2.05) is 35.1 Å². The maximum Gasteiger partial charge on any atom is 0.247 e. The van der Waals surface area contributed by atoms with E-state index in [-0.39, 0.29) is 5.91 Å². The number of carbonyl (C=O) groups excluding carboxylic acids is 2. The van der Waals surface area contributed by atoms with Crippen LogP contribution in [0.3, 0.4) is 0 Å². The fourth-order valence-corrected chi connectivity index (χ4v) is 7.57. The van der Waals surface area contributed by atoms with E-state index in [4.69, 9.17) is 11.6 Å². The second-order valence-electron chi connectivity index (χ2n) is 13.0. The van der Waals surface area contributed by atoms with Crippen molar-refractivity contribution in [2.24, 2.45) is 23.7 Å². The van der Waals surface area contributed by atoms with Crippen LogP contribution in [0.25, 0.3) is 0 Å². The summed E-state index contributed by atoms with van der Waals surface area (Å²) < 4.78 is 1.91. The zero-order valence-corrected chi connectivity index (χ0v) is 27.3. The van der Waals surface area contributed by atoms with Crippen molar-refractivity contribution in [2.45, 2.75) is 52.1 Å². The number of nitrogens with one attached hydrogen (secondary N) is 3. The second-order valence-corrected chi connectivity index (χ2v) is 13.4. The summed E-state index contributed by atoms with van der Waals surface area (Å²) in [4.78, 5) is 38.2. The topological polar surface area (TPSA) is 120 Å². The lowest BCUT2D eigenvalue weighted by atomic mass is 9.71. The van der Waals surface area contributed by atoms with E-state index < -0.39 is 0 Å². The van der Waals surface area contributed by atoms with E-state index in [0.717, 1.165) is 68.8 Å². The molecule has 2 aliphatic carbocycles. The molecule has 0 spiro atoms. The maximum absolute atomic E-state index is 13.2. The molecule has 46 heavy (non-hydrogen) atoms. The van der Waals surface area contributed by atoms with Gasteiger partial charge in [0.1, 0.15) is 5.02 Å². The van der Waals surface area contributed by atoms with Gasteiger partial charge in [-0.15, -0.1) is 0 Å². The van der Waals surface area contributed by atoms with Crippen molar-refractivity contribution in [3.63, 3.8) is 0 Å². The molecule has 1 saturated heterocycles. The number of hydrogen-bond donors (Lipinski definition) is 3. The Hall–Kier alpha value is -3.96. The highest BCUT2D eigenvalue weighted by Gasteiger charge is 2.41. The number of anilines is 4. The van der Waals surface area contributed by atoms with Gasteiger partial charge in [0.2, 0.25) is 17.8 Å². The average Bonchev–Trinajstić information content (AvgIpc) is 3.69. The number of piperazine rings is 1. The zero-order chi connectivity index (χ0) is 32.0. The summed E-state index contributed by atoms with van der Waals surface area (Å²) >= 11 is 6.37. The van der Waals surface area contributed by atoms with Crippen LogP contribution in [0.5, 0.6) is 0 Å². The Morgan fingerprint density at radius 3 is 2.76 bits per heavy atom. The molecule has 11 nitrogen and oxygen atoms in total. The van der Waals surface area contributed by atoms with E-state index in [9.17, 15) is 9.59 Å². The van der Waals surface area contributed by atoms with Crippen LogP contribution in [0.15, 0.2) is 55.5 Å². The Kier molecular flexibility index (Phi) is 10.2. The van der Waals surface area contributed by atoms with Crippen molar-refractivity contribution in [2.75, 3.05) is 48.7 Å². The largest absolute Gasteiger partial charge is 0.365 e. The fraction of sp³-hybridized carbons (Fsp3) is 0.500. The molecule has 2 bridgehead atoms. The van der Waals surface area contributed by atoms with E-state index in [1.54, 1.807) is 12.4 Å². The second kappa shape index (κ2) is 14.6. The molecule has 12 heteroatoms. The number of benzene rings is 1. The lowest BCUT2D eigenvalue weighted by molar-refractivity contribution is -0.135. The number of fused-ring (bicyclic) bond motifs is 2. The first kappa shape index (κ1) is 32.0. The summed E-state index contributed by atoms with van der Waals surface area (Å²) in [6.45, 7) is 11.3. The molecule has 3 N–H and O–H groups in total. The number of nitrogens with zero attached hydrogens (tertiary/aromatic N) is 6. The highest BCUT2D eigenvalue weighted by Crippen LogP contribution is 2.49. The van der Waals surface area contributed by atoms with Crippen LogP contribution in [0.4, 0.5) is 23.1 Å². The summed E-state index contributed by atoms with van der Waals surface area (Å²) in [5.74, 6) is 3.93. The van der Waals surface area contributed by atoms with Gasteiger partial charge in [0, 0.05) is 57.6 Å². The van der Waals surface area contributed by atoms with Crippen molar-refractivity contribution in [3.8, 4) is 0 Å². The molecule has 1 aromatic carbocycles. The molecular formula is C34H44ClN9O2. The van der Waals surface area contributed by atoms with Crippen molar-refractivity contribution in [1.29, 1.82) is 0 Å². The molecule has 1 aliphatic heterocycles. The third-order valence-corrected chi connectivity index (χ3v) is 10.2. The molecule has 3 heterocycles. The molecule has 3 aliphatic rings. The molecule has 0 radical (unpaired) electrons. The normalized spacial score (nSPS) is 22.8. The van der Waals surface area contributed by atoms with Gasteiger partial charge in [0.15, 0.2) is 5.82 Å². The molecule has 3 fully saturated rings. The molecular weight excluding hydrogens is 602 g/mol. The summed E-state index contributed by atoms with van der Waals surface area (Å²) in [6.07, 6.45) is 12.6. The van der Waals surface area contributed by atoms with E-state index in [0.29, 0.717) is 46.8 Å². The molecule has 4 unspecified atom stereocenters. The van der Waals surface area contributed by atoms with Crippen LogP contribution in [0.1, 0.15) is 44.6 Å². The molecule has 6 rings (SSSR count). The lowest BCUT2D eigenvalue weighted by Gasteiger charge is -2.38. The predicted molar refractivity (Wildman–Crippen MR) is 181 cm³/mol. The molecule has 2 aromatic heterocycles. The van der Waals surface area contributed by atoms with Gasteiger partial charge in [0.25, 0.3) is 0 Å². The minimum absolute atomic E-state index is 0.264. The van der Waals surface area contributed by atoms with Gasteiger partial charge in [-0.1, -0.05) is 43.7 Å². The minimum Gasteiger partial charge on any atom is -0.365 e. The van der Waals surface area contributed by atoms with E-state index >= 15 is 0 Å². The summed E-state index contributed by atoms with van der Waals surface area (Å²) in [7, 11) is 0. The first-order chi connectivity index (χ1) is 22.3. The maximum atomic E-state index is 13.2. The average molecular weight is 646 g/mol. The highest BCUT2D eigenvalue weighted by molar-refractivity contribution is 6.32. The Morgan fingerprint density at radius 1 is 1.09 bits per heavy atom. The van der Waals surface area contributed by atoms with Gasteiger partial charge >= 0.3 is 0 Å². The standard InChI is InChI=1S/C34H44ClN9O2/c1-3-31(45)39-27-6-4-5-25(17-27)19-36-33-30(35)21-37-34(41-33)40-28-20-38-44(22-28)14-11-42-9-12-43(13-10-42)32(46)18-29-23(2)15-24-7-8-26(29)16-24/h3-6,17,20-24,26,29H,1,7-16,18-19H2,2H3,(H,39,45)(H2,36,37,40,41). The Balaban J connectivity index is 0.944. The van der Waals surface area contributed by atoms with Gasteiger partial charge < -0.3 is 20.9 Å². The summed E-state index contributed by atoms with van der Waals surface area (Å²) in [6, 6.07) is 7.50. The number of aromatic nitrogens is 4. The van der Waals surface area contributed by atoms with Crippen LogP contribution >= 0.6 is 11.6 Å². The number of rotatable bonds is 12. The number of amides is 2. The van der Waals surface area contributed by atoms with Crippen LogP contribution in [0, 0.1) is 23.7 Å². The van der Waals surface area contributed by atoms with Gasteiger partial charge in [-0.3, -0.25) is 19.2 Å². The lowest BCUT2D eigenvalue weighted by Crippen LogP contribution is -2.50. The minimum atomic E-state index is -0.264. The third-order valence-electron chi connectivity index (χ3n) is 9.88. The SMILES string of the molecule is C=CC(=O)Nc1cccc(CNc2nc(Nc3cnn(CCN4CCN(C(=O)CC5C(C)CC6CCC5C6)CC4)c3)ncc2Cl)c1. The van der Waals surface area contributed by atoms with E-state index in [2.05, 4.69) is 54.3 Å². The van der Waals surface area contributed by atoms with Crippen molar-refractivity contribution in [3.05, 3.63) is 66.1 Å². The van der Waals surface area contributed by atoms with Crippen LogP contribution < -0.4 is 16.0 Å². The number of carbonyl (C=O) groups is 2. The Bertz CT molecular complexity index is 1540. The van der Waals surface area contributed by atoms with Gasteiger partial charge in [0.05, 0.1) is 24.6 Å². The highest BCUT2D eigenvalue weighted by atomic mass is 35.5.